The molecule has 1 fully saturated rings. The average molecular weight is 644 g/mol. The van der Waals surface area contributed by atoms with Crippen LogP contribution in [0.2, 0.25) is 0 Å². The Balaban J connectivity index is 1.55. The van der Waals surface area contributed by atoms with E-state index in [-0.39, 0.29) is 12.4 Å². The van der Waals surface area contributed by atoms with Crippen LogP contribution in [0.5, 0.6) is 5.75 Å². The first kappa shape index (κ1) is 29.2. The Kier molecular flexibility index (Phi) is 10.5. The summed E-state index contributed by atoms with van der Waals surface area (Å²) >= 11 is 2.33. The van der Waals surface area contributed by atoms with Gasteiger partial charge in [0, 0.05) is 33.4 Å². The van der Waals surface area contributed by atoms with E-state index in [4.69, 9.17) is 18.9 Å². The molecule has 1 saturated heterocycles. The molecule has 0 radical (unpaired) electrons. The molecule has 1 aliphatic heterocycles. The predicted molar refractivity (Wildman–Crippen MR) is 164 cm³/mol. The van der Waals surface area contributed by atoms with E-state index in [1.165, 1.54) is 0 Å². The predicted octanol–water partition coefficient (Wildman–Crippen LogP) is 8.60. The van der Waals surface area contributed by atoms with Crippen molar-refractivity contribution in [3.05, 3.63) is 82.1 Å². The fourth-order valence-corrected chi connectivity index (χ4v) is 5.29. The van der Waals surface area contributed by atoms with Crippen LogP contribution in [0.15, 0.2) is 73.0 Å². The number of carbonyl (C=O) groups is 1. The minimum atomic E-state index is -0.613. The molecule has 39 heavy (non-hydrogen) atoms. The molecule has 0 spiro atoms. The fraction of sp³-hybridized carbons (Fsp3) is 0.406. The lowest BCUT2D eigenvalue weighted by Gasteiger charge is -2.29. The Morgan fingerprint density at radius 3 is 2.54 bits per heavy atom. The summed E-state index contributed by atoms with van der Waals surface area (Å²) in [6.07, 6.45) is 7.84. The maximum Gasteiger partial charge on any atom is 0.414 e. The monoisotopic (exact) mass is 643 g/mol. The summed E-state index contributed by atoms with van der Waals surface area (Å²) in [5, 5.41) is 2.05. The number of allylic oxidation sites excluding steroid dienone is 1. The van der Waals surface area contributed by atoms with E-state index in [1.807, 2.05) is 75.4 Å². The van der Waals surface area contributed by atoms with Gasteiger partial charge in [-0.25, -0.2) is 4.79 Å². The number of ether oxygens (including phenoxy) is 4. The van der Waals surface area contributed by atoms with Crippen molar-refractivity contribution in [3.8, 4) is 5.75 Å². The topological polar surface area (TPSA) is 57.2 Å². The molecule has 1 amide bonds. The van der Waals surface area contributed by atoms with Crippen LogP contribution in [0.1, 0.15) is 58.4 Å². The van der Waals surface area contributed by atoms with Gasteiger partial charge < -0.3 is 18.9 Å². The molecule has 0 aliphatic carbocycles. The summed E-state index contributed by atoms with van der Waals surface area (Å²) in [6.45, 7) is 7.34. The summed E-state index contributed by atoms with van der Waals surface area (Å²) in [7, 11) is 0. The molecule has 1 atom stereocenters. The van der Waals surface area contributed by atoms with Gasteiger partial charge in [0.1, 0.15) is 18.0 Å². The van der Waals surface area contributed by atoms with E-state index in [0.717, 1.165) is 70.1 Å². The number of anilines is 1. The lowest BCUT2D eigenvalue weighted by Crippen LogP contribution is -2.38. The van der Waals surface area contributed by atoms with Crippen molar-refractivity contribution >= 4 is 45.1 Å². The van der Waals surface area contributed by atoms with Gasteiger partial charge in [-0.15, -0.1) is 0 Å². The number of carbonyl (C=O) groups excluding carboxylic acids is 1. The number of amides is 1. The van der Waals surface area contributed by atoms with Gasteiger partial charge in [-0.05, 0) is 80.7 Å². The molecule has 1 aliphatic rings. The lowest BCUT2D eigenvalue weighted by molar-refractivity contribution is -0.129. The highest BCUT2D eigenvalue weighted by Crippen LogP contribution is 2.38. The molecule has 0 bridgehead atoms. The zero-order chi connectivity index (χ0) is 27.7. The number of benzene rings is 3. The highest BCUT2D eigenvalue weighted by Gasteiger charge is 2.26. The second-order valence-electron chi connectivity index (χ2n) is 10.6. The van der Waals surface area contributed by atoms with Crippen LogP contribution in [0, 0.1) is 3.57 Å². The normalized spacial score (nSPS) is 15.8. The number of unbranched alkanes of at least 4 members (excludes halogenated alkanes) is 1. The fourth-order valence-electron chi connectivity index (χ4n) is 4.37. The van der Waals surface area contributed by atoms with Crippen molar-refractivity contribution in [2.75, 3.05) is 18.1 Å². The third-order valence-electron chi connectivity index (χ3n) is 6.28. The van der Waals surface area contributed by atoms with Gasteiger partial charge in [0.15, 0.2) is 6.29 Å². The van der Waals surface area contributed by atoms with E-state index < -0.39 is 5.60 Å². The van der Waals surface area contributed by atoms with Gasteiger partial charge in [0.25, 0.3) is 0 Å². The second kappa shape index (κ2) is 14.0. The molecular weight excluding hydrogens is 605 g/mol. The van der Waals surface area contributed by atoms with Crippen molar-refractivity contribution in [1.82, 2.24) is 0 Å². The summed E-state index contributed by atoms with van der Waals surface area (Å²) < 4.78 is 24.5. The number of nitrogens with zero attached hydrogens (tertiary/aromatic N) is 1. The molecule has 1 unspecified atom stereocenters. The lowest BCUT2D eigenvalue weighted by atomic mass is 10.1. The smallest absolute Gasteiger partial charge is 0.414 e. The van der Waals surface area contributed by atoms with E-state index in [1.54, 1.807) is 11.2 Å². The molecule has 7 heteroatoms. The van der Waals surface area contributed by atoms with Crippen LogP contribution in [-0.2, 0) is 20.8 Å². The van der Waals surface area contributed by atoms with Gasteiger partial charge in [-0.3, -0.25) is 4.90 Å². The van der Waals surface area contributed by atoms with Gasteiger partial charge in [0.05, 0.1) is 18.6 Å². The van der Waals surface area contributed by atoms with E-state index in [9.17, 15) is 4.79 Å². The van der Waals surface area contributed by atoms with Crippen molar-refractivity contribution in [1.29, 1.82) is 0 Å². The molecule has 0 N–H and O–H groups in total. The Hall–Kier alpha value is -2.78. The van der Waals surface area contributed by atoms with E-state index in [0.29, 0.717) is 13.2 Å². The van der Waals surface area contributed by atoms with Crippen LogP contribution in [0.4, 0.5) is 10.5 Å². The number of rotatable bonds is 10. The molecule has 208 valence electrons. The molecule has 6 nitrogen and oxygen atoms in total. The minimum Gasteiger partial charge on any atom is -0.488 e. The highest BCUT2D eigenvalue weighted by atomic mass is 127. The number of halogens is 1. The van der Waals surface area contributed by atoms with Gasteiger partial charge >= 0.3 is 6.09 Å². The highest BCUT2D eigenvalue weighted by molar-refractivity contribution is 14.1. The van der Waals surface area contributed by atoms with Crippen molar-refractivity contribution in [3.63, 3.8) is 0 Å². The molecule has 3 aromatic carbocycles. The third kappa shape index (κ3) is 8.60. The van der Waals surface area contributed by atoms with E-state index in [2.05, 4.69) is 34.7 Å². The first-order chi connectivity index (χ1) is 18.8. The van der Waals surface area contributed by atoms with Crippen LogP contribution < -0.4 is 9.64 Å². The Labute approximate surface area is 245 Å². The molecule has 0 saturated carbocycles. The summed E-state index contributed by atoms with van der Waals surface area (Å²) in [4.78, 5) is 15.2. The zero-order valence-electron chi connectivity index (χ0n) is 23.0. The molecule has 1 heterocycles. The SMILES string of the molecule is CC(C)(C)OC(=O)N(CCCC=COC1CCCCO1)c1cc(OCc2ccccc2)c2ccccc2c1I. The van der Waals surface area contributed by atoms with Gasteiger partial charge in [-0.2, -0.15) is 0 Å². The molecular formula is C32H38INO5. The molecule has 4 rings (SSSR count). The van der Waals surface area contributed by atoms with Crippen molar-refractivity contribution in [2.45, 2.75) is 71.4 Å². The quantitative estimate of drug-likeness (QED) is 0.126. The Bertz CT molecular complexity index is 1250. The first-order valence-electron chi connectivity index (χ1n) is 13.6. The number of hydrogen-bond acceptors (Lipinski definition) is 5. The van der Waals surface area contributed by atoms with E-state index >= 15 is 0 Å². The van der Waals surface area contributed by atoms with Crippen LogP contribution in [0.25, 0.3) is 10.8 Å². The number of fused-ring (bicyclic) bond motifs is 1. The molecule has 0 aromatic heterocycles. The largest absolute Gasteiger partial charge is 0.488 e. The van der Waals surface area contributed by atoms with Crippen LogP contribution in [0.3, 0.4) is 0 Å². The van der Waals surface area contributed by atoms with Gasteiger partial charge in [0.2, 0.25) is 0 Å². The first-order valence-corrected chi connectivity index (χ1v) is 14.7. The van der Waals surface area contributed by atoms with Crippen molar-refractivity contribution < 1.29 is 23.7 Å². The van der Waals surface area contributed by atoms with Crippen LogP contribution >= 0.6 is 22.6 Å². The summed E-state index contributed by atoms with van der Waals surface area (Å²) in [5.41, 5.74) is 1.25. The Morgan fingerprint density at radius 1 is 1.08 bits per heavy atom. The summed E-state index contributed by atoms with van der Waals surface area (Å²) in [6, 6.07) is 20.2. The minimum absolute atomic E-state index is 0.151. The third-order valence-corrected chi connectivity index (χ3v) is 7.41. The second-order valence-corrected chi connectivity index (χ2v) is 11.7. The standard InChI is InChI=1S/C32H38INO5/c1-32(2,3)39-31(35)34(19-11-5-12-20-36-29-18-10-13-21-37-29)27-22-28(38-23-24-14-6-4-7-15-24)25-16-8-9-17-26(25)30(27)33/h4,6-9,12,14-17,20,22,29H,5,10-11,13,18-19,21,23H2,1-3H3. The zero-order valence-corrected chi connectivity index (χ0v) is 25.2. The molecule has 3 aromatic rings. The average Bonchev–Trinajstić information content (AvgIpc) is 2.93. The maximum absolute atomic E-state index is 13.5. The van der Waals surface area contributed by atoms with Crippen LogP contribution in [-0.4, -0.2) is 31.1 Å². The number of hydrogen-bond donors (Lipinski definition) is 0. The maximum atomic E-state index is 13.5. The van der Waals surface area contributed by atoms with Crippen molar-refractivity contribution in [2.24, 2.45) is 0 Å². The summed E-state index contributed by atoms with van der Waals surface area (Å²) in [5.74, 6) is 0.735. The van der Waals surface area contributed by atoms with Gasteiger partial charge in [-0.1, -0.05) is 54.6 Å². The Morgan fingerprint density at radius 2 is 1.82 bits per heavy atom.